The van der Waals surface area contributed by atoms with Crippen LogP contribution in [0.4, 0.5) is 0 Å². The summed E-state index contributed by atoms with van der Waals surface area (Å²) in [5.74, 6) is -1.92. The molecule has 16 heavy (non-hydrogen) atoms. The van der Waals surface area contributed by atoms with Gasteiger partial charge in [-0.3, -0.25) is 0 Å². The summed E-state index contributed by atoms with van der Waals surface area (Å²) in [6, 6.07) is 2.71. The largest absolute Gasteiger partial charge is 0.506 e. The number of carbonyl (C=O) groups is 2. The van der Waals surface area contributed by atoms with Crippen LogP contribution in [0.5, 0.6) is 5.75 Å². The Morgan fingerprint density at radius 3 is 1.81 bits per heavy atom. The number of ether oxygens (including phenoxy) is 2. The molecule has 5 nitrogen and oxygen atoms in total. The average molecular weight is 289 g/mol. The Labute approximate surface area is 100 Å². The maximum Gasteiger partial charge on any atom is 0.341 e. The maximum absolute atomic E-state index is 11.3. The molecule has 0 aliphatic carbocycles. The minimum atomic E-state index is -0.732. The van der Waals surface area contributed by atoms with E-state index in [1.54, 1.807) is 0 Å². The summed E-state index contributed by atoms with van der Waals surface area (Å²) >= 11 is 3.12. The number of halogens is 1. The lowest BCUT2D eigenvalue weighted by Gasteiger charge is -2.07. The molecule has 0 aliphatic heterocycles. The first-order valence-corrected chi connectivity index (χ1v) is 4.99. The van der Waals surface area contributed by atoms with E-state index in [9.17, 15) is 14.7 Å². The second-order valence-corrected chi connectivity index (χ2v) is 3.75. The average Bonchev–Trinajstić information content (AvgIpc) is 2.29. The quantitative estimate of drug-likeness (QED) is 0.839. The molecule has 0 radical (unpaired) electrons. The van der Waals surface area contributed by atoms with Gasteiger partial charge in [-0.15, -0.1) is 0 Å². The SMILES string of the molecule is COC(=O)c1cc(Br)cc(C(=O)OC)c1O. The second kappa shape index (κ2) is 4.98. The minimum absolute atomic E-state index is 0.0997. The zero-order chi connectivity index (χ0) is 12.3. The van der Waals surface area contributed by atoms with Crippen molar-refractivity contribution in [3.8, 4) is 5.75 Å². The van der Waals surface area contributed by atoms with Gasteiger partial charge in [0.2, 0.25) is 0 Å². The van der Waals surface area contributed by atoms with Crippen molar-refractivity contribution < 1.29 is 24.2 Å². The van der Waals surface area contributed by atoms with Crippen molar-refractivity contribution in [1.29, 1.82) is 0 Å². The van der Waals surface area contributed by atoms with Gasteiger partial charge < -0.3 is 14.6 Å². The summed E-state index contributed by atoms with van der Waals surface area (Å²) in [6.45, 7) is 0. The standard InChI is InChI=1S/C10H9BrO5/c1-15-9(13)6-3-5(11)4-7(8(6)12)10(14)16-2/h3-4,12H,1-2H3. The first-order chi connectivity index (χ1) is 7.51. The lowest BCUT2D eigenvalue weighted by Crippen LogP contribution is -2.07. The fraction of sp³-hybridized carbons (Fsp3) is 0.200. The van der Waals surface area contributed by atoms with Gasteiger partial charge in [-0.1, -0.05) is 15.9 Å². The molecule has 1 rings (SSSR count). The zero-order valence-electron chi connectivity index (χ0n) is 8.61. The lowest BCUT2D eigenvalue weighted by atomic mass is 10.1. The Kier molecular flexibility index (Phi) is 3.89. The van der Waals surface area contributed by atoms with E-state index in [1.807, 2.05) is 0 Å². The summed E-state index contributed by atoms with van der Waals surface area (Å²) in [5, 5.41) is 9.69. The van der Waals surface area contributed by atoms with E-state index in [1.165, 1.54) is 26.4 Å². The van der Waals surface area contributed by atoms with Crippen LogP contribution in [0.2, 0.25) is 0 Å². The molecular weight excluding hydrogens is 280 g/mol. The molecule has 0 bridgehead atoms. The Balaban J connectivity index is 3.37. The number of hydrogen-bond donors (Lipinski definition) is 1. The van der Waals surface area contributed by atoms with Crippen molar-refractivity contribution in [3.63, 3.8) is 0 Å². The van der Waals surface area contributed by atoms with Crippen molar-refractivity contribution in [2.24, 2.45) is 0 Å². The third-order valence-electron chi connectivity index (χ3n) is 1.89. The topological polar surface area (TPSA) is 72.8 Å². The monoisotopic (exact) mass is 288 g/mol. The van der Waals surface area contributed by atoms with Gasteiger partial charge in [0.25, 0.3) is 0 Å². The number of carbonyl (C=O) groups excluding carboxylic acids is 2. The summed E-state index contributed by atoms with van der Waals surface area (Å²) in [6.07, 6.45) is 0. The van der Waals surface area contributed by atoms with E-state index in [2.05, 4.69) is 25.4 Å². The van der Waals surface area contributed by atoms with Crippen LogP contribution in [-0.2, 0) is 9.47 Å². The predicted molar refractivity (Wildman–Crippen MR) is 58.5 cm³/mol. The van der Waals surface area contributed by atoms with E-state index in [0.29, 0.717) is 4.47 Å². The van der Waals surface area contributed by atoms with Crippen molar-refractivity contribution in [3.05, 3.63) is 27.7 Å². The fourth-order valence-corrected chi connectivity index (χ4v) is 1.59. The third-order valence-corrected chi connectivity index (χ3v) is 2.34. The molecule has 0 saturated carbocycles. The second-order valence-electron chi connectivity index (χ2n) is 2.83. The number of benzene rings is 1. The molecule has 0 fully saturated rings. The van der Waals surface area contributed by atoms with Gasteiger partial charge in [0.1, 0.15) is 16.9 Å². The maximum atomic E-state index is 11.3. The highest BCUT2D eigenvalue weighted by atomic mass is 79.9. The van der Waals surface area contributed by atoms with Gasteiger partial charge in [-0.2, -0.15) is 0 Å². The van der Waals surface area contributed by atoms with Crippen molar-refractivity contribution in [2.45, 2.75) is 0 Å². The third kappa shape index (κ3) is 2.33. The van der Waals surface area contributed by atoms with Crippen LogP contribution in [0, 0.1) is 0 Å². The van der Waals surface area contributed by atoms with Crippen molar-refractivity contribution >= 4 is 27.9 Å². The van der Waals surface area contributed by atoms with Gasteiger partial charge >= 0.3 is 11.9 Å². The molecule has 1 aromatic carbocycles. The van der Waals surface area contributed by atoms with E-state index in [-0.39, 0.29) is 11.1 Å². The number of phenols is 1. The van der Waals surface area contributed by atoms with Gasteiger partial charge in [-0.25, -0.2) is 9.59 Å². The van der Waals surface area contributed by atoms with E-state index < -0.39 is 17.7 Å². The molecule has 6 heteroatoms. The molecule has 0 spiro atoms. The first kappa shape index (κ1) is 12.5. The molecule has 1 N–H and O–H groups in total. The highest BCUT2D eigenvalue weighted by molar-refractivity contribution is 9.10. The number of hydrogen-bond acceptors (Lipinski definition) is 5. The Bertz CT molecular complexity index is 404. The van der Waals surface area contributed by atoms with Gasteiger partial charge in [0, 0.05) is 4.47 Å². The van der Waals surface area contributed by atoms with Crippen LogP contribution >= 0.6 is 15.9 Å². The van der Waals surface area contributed by atoms with E-state index in [4.69, 9.17) is 0 Å². The molecular formula is C10H9BrO5. The molecule has 0 saturated heterocycles. The van der Waals surface area contributed by atoms with Crippen LogP contribution in [0.15, 0.2) is 16.6 Å². The van der Waals surface area contributed by atoms with Gasteiger partial charge in [-0.05, 0) is 12.1 Å². The highest BCUT2D eigenvalue weighted by Gasteiger charge is 2.20. The molecule has 1 aromatic rings. The molecule has 0 aliphatic rings. The number of aromatic hydroxyl groups is 1. The molecule has 0 heterocycles. The van der Waals surface area contributed by atoms with Crippen LogP contribution in [-0.4, -0.2) is 31.3 Å². The molecule has 0 unspecified atom stereocenters. The van der Waals surface area contributed by atoms with Crippen LogP contribution in [0.25, 0.3) is 0 Å². The zero-order valence-corrected chi connectivity index (χ0v) is 10.2. The van der Waals surface area contributed by atoms with E-state index >= 15 is 0 Å². The smallest absolute Gasteiger partial charge is 0.341 e. The molecule has 0 amide bonds. The first-order valence-electron chi connectivity index (χ1n) is 4.20. The number of methoxy groups -OCH3 is 2. The number of phenolic OH excluding ortho intramolecular Hbond substituents is 1. The highest BCUT2D eigenvalue weighted by Crippen LogP contribution is 2.28. The van der Waals surface area contributed by atoms with Crippen LogP contribution in [0.3, 0.4) is 0 Å². The summed E-state index contributed by atoms with van der Waals surface area (Å²) in [5.41, 5.74) is -0.199. The predicted octanol–water partition coefficient (Wildman–Crippen LogP) is 1.73. The van der Waals surface area contributed by atoms with Gasteiger partial charge in [0.15, 0.2) is 0 Å². The summed E-state index contributed by atoms with van der Waals surface area (Å²) in [4.78, 5) is 22.6. The number of rotatable bonds is 2. The summed E-state index contributed by atoms with van der Waals surface area (Å²) in [7, 11) is 2.36. The Morgan fingerprint density at radius 1 is 1.12 bits per heavy atom. The van der Waals surface area contributed by atoms with Crippen molar-refractivity contribution in [2.75, 3.05) is 14.2 Å². The normalized spacial score (nSPS) is 9.69. The molecule has 86 valence electrons. The summed E-state index contributed by atoms with van der Waals surface area (Å²) < 4.78 is 9.40. The molecule has 0 aromatic heterocycles. The Hall–Kier alpha value is -1.56. The van der Waals surface area contributed by atoms with Crippen LogP contribution in [0.1, 0.15) is 20.7 Å². The van der Waals surface area contributed by atoms with Crippen LogP contribution < -0.4 is 0 Å². The lowest BCUT2D eigenvalue weighted by molar-refractivity contribution is 0.0592. The minimum Gasteiger partial charge on any atom is -0.506 e. The Morgan fingerprint density at radius 2 is 1.50 bits per heavy atom. The van der Waals surface area contributed by atoms with Crippen molar-refractivity contribution in [1.82, 2.24) is 0 Å². The molecule has 0 atom stereocenters. The fourth-order valence-electron chi connectivity index (χ4n) is 1.13. The van der Waals surface area contributed by atoms with Gasteiger partial charge in [0.05, 0.1) is 14.2 Å². The van der Waals surface area contributed by atoms with E-state index in [0.717, 1.165) is 0 Å². The number of esters is 2.